The van der Waals surface area contributed by atoms with E-state index in [1.54, 1.807) is 0 Å². The van der Waals surface area contributed by atoms with Gasteiger partial charge in [0.05, 0.1) is 0 Å². The summed E-state index contributed by atoms with van der Waals surface area (Å²) in [5.74, 6) is -1.91. The monoisotopic (exact) mass is 245 g/mol. The predicted molar refractivity (Wildman–Crippen MR) is 56.1 cm³/mol. The molecule has 0 aromatic rings. The molecule has 0 aromatic heterocycles. The number of esters is 1. The fraction of sp³-hybridized carbons (Fsp3) is 0.600. The Morgan fingerprint density at radius 3 is 2.41 bits per heavy atom. The van der Waals surface area contributed by atoms with Gasteiger partial charge in [-0.3, -0.25) is 14.4 Å². The Morgan fingerprint density at radius 1 is 1.29 bits per heavy atom. The van der Waals surface area contributed by atoms with Gasteiger partial charge in [0.2, 0.25) is 0 Å². The van der Waals surface area contributed by atoms with Crippen LogP contribution in [0.5, 0.6) is 0 Å². The maximum atomic E-state index is 11.3. The molecule has 7 nitrogen and oxygen atoms in total. The predicted octanol–water partition coefficient (Wildman–Crippen LogP) is -0.732. The summed E-state index contributed by atoms with van der Waals surface area (Å²) >= 11 is 0. The summed E-state index contributed by atoms with van der Waals surface area (Å²) in [5, 5.41) is 8.39. The SMILES string of the molecule is NC(CCC(=O)O)C(=O)OC(C=O)CCC=O. The van der Waals surface area contributed by atoms with Gasteiger partial charge in [0.25, 0.3) is 0 Å². The van der Waals surface area contributed by atoms with Gasteiger partial charge in [-0.05, 0) is 12.8 Å². The topological polar surface area (TPSA) is 124 Å². The fourth-order valence-corrected chi connectivity index (χ4v) is 1.02. The van der Waals surface area contributed by atoms with Gasteiger partial charge in [-0.2, -0.15) is 0 Å². The van der Waals surface area contributed by atoms with E-state index in [0.717, 1.165) is 0 Å². The van der Waals surface area contributed by atoms with E-state index >= 15 is 0 Å². The molecule has 0 radical (unpaired) electrons. The summed E-state index contributed by atoms with van der Waals surface area (Å²) in [6.45, 7) is 0. The number of hydrogen-bond acceptors (Lipinski definition) is 6. The molecule has 0 saturated heterocycles. The highest BCUT2D eigenvalue weighted by atomic mass is 16.5. The van der Waals surface area contributed by atoms with Crippen LogP contribution in [0.2, 0.25) is 0 Å². The van der Waals surface area contributed by atoms with Gasteiger partial charge < -0.3 is 20.4 Å². The standard InChI is InChI=1S/C10H15NO6/c11-8(3-4-9(14)15)10(16)17-7(6-13)2-1-5-12/h5-8H,1-4,11H2,(H,14,15). The van der Waals surface area contributed by atoms with Crippen molar-refractivity contribution in [2.24, 2.45) is 5.73 Å². The molecular weight excluding hydrogens is 230 g/mol. The van der Waals surface area contributed by atoms with Crippen LogP contribution in [0.15, 0.2) is 0 Å². The van der Waals surface area contributed by atoms with Gasteiger partial charge in [-0.1, -0.05) is 0 Å². The van der Waals surface area contributed by atoms with Crippen LogP contribution in [-0.4, -0.2) is 41.8 Å². The lowest BCUT2D eigenvalue weighted by atomic mass is 10.1. The lowest BCUT2D eigenvalue weighted by Crippen LogP contribution is -2.35. The number of ether oxygens (including phenoxy) is 1. The smallest absolute Gasteiger partial charge is 0.323 e. The minimum absolute atomic E-state index is 0.0621. The Labute approximate surface area is 97.9 Å². The number of carboxylic acids is 1. The van der Waals surface area contributed by atoms with Gasteiger partial charge in [-0.15, -0.1) is 0 Å². The van der Waals surface area contributed by atoms with E-state index in [0.29, 0.717) is 12.6 Å². The van der Waals surface area contributed by atoms with E-state index in [9.17, 15) is 19.2 Å². The average molecular weight is 245 g/mol. The molecule has 0 saturated carbocycles. The second-order valence-corrected chi connectivity index (χ2v) is 3.39. The first kappa shape index (κ1) is 15.2. The normalized spacial score (nSPS) is 13.5. The Morgan fingerprint density at radius 2 is 1.94 bits per heavy atom. The summed E-state index contributed by atoms with van der Waals surface area (Å²) in [6.07, 6.45) is -0.113. The zero-order valence-corrected chi connectivity index (χ0v) is 9.20. The molecule has 0 rings (SSSR count). The molecule has 0 aliphatic rings. The van der Waals surface area contributed by atoms with Crippen LogP contribution in [0.25, 0.3) is 0 Å². The van der Waals surface area contributed by atoms with Gasteiger partial charge in [0, 0.05) is 12.8 Å². The molecule has 2 atom stereocenters. The summed E-state index contributed by atoms with van der Waals surface area (Å²) in [4.78, 5) is 42.1. The number of hydrogen-bond donors (Lipinski definition) is 2. The van der Waals surface area contributed by atoms with E-state index in [4.69, 9.17) is 15.6 Å². The third kappa shape index (κ3) is 7.18. The molecule has 3 N–H and O–H groups in total. The number of nitrogens with two attached hydrogens (primary N) is 1. The van der Waals surface area contributed by atoms with Crippen molar-refractivity contribution in [1.29, 1.82) is 0 Å². The Bertz CT molecular complexity index is 291. The number of rotatable bonds is 9. The molecule has 0 spiro atoms. The maximum absolute atomic E-state index is 11.3. The lowest BCUT2D eigenvalue weighted by molar-refractivity contribution is -0.154. The lowest BCUT2D eigenvalue weighted by Gasteiger charge is -2.14. The molecule has 0 bridgehead atoms. The molecule has 7 heteroatoms. The van der Waals surface area contributed by atoms with E-state index in [1.165, 1.54) is 0 Å². The van der Waals surface area contributed by atoms with Gasteiger partial charge in [0.15, 0.2) is 12.4 Å². The summed E-state index contributed by atoms with van der Waals surface area (Å²) < 4.78 is 4.71. The molecule has 0 aliphatic heterocycles. The van der Waals surface area contributed by atoms with E-state index in [1.807, 2.05) is 0 Å². The van der Waals surface area contributed by atoms with Crippen molar-refractivity contribution < 1.29 is 29.0 Å². The third-order valence-electron chi connectivity index (χ3n) is 1.96. The van der Waals surface area contributed by atoms with Crippen molar-refractivity contribution in [3.8, 4) is 0 Å². The zero-order chi connectivity index (χ0) is 13.3. The van der Waals surface area contributed by atoms with E-state index < -0.39 is 24.1 Å². The van der Waals surface area contributed by atoms with Crippen molar-refractivity contribution >= 4 is 24.5 Å². The number of aliphatic carboxylic acids is 1. The molecule has 0 aromatic carbocycles. The summed E-state index contributed by atoms with van der Waals surface area (Å²) in [5.41, 5.74) is 5.37. The molecular formula is C10H15NO6. The van der Waals surface area contributed by atoms with Crippen LogP contribution in [0, 0.1) is 0 Å². The van der Waals surface area contributed by atoms with Gasteiger partial charge in [0.1, 0.15) is 12.3 Å². The Kier molecular flexibility index (Phi) is 7.53. The third-order valence-corrected chi connectivity index (χ3v) is 1.96. The van der Waals surface area contributed by atoms with Gasteiger partial charge >= 0.3 is 11.9 Å². The fourth-order valence-electron chi connectivity index (χ4n) is 1.02. The molecule has 96 valence electrons. The minimum atomic E-state index is -1.08. The minimum Gasteiger partial charge on any atom is -0.481 e. The zero-order valence-electron chi connectivity index (χ0n) is 9.20. The quantitative estimate of drug-likeness (QED) is 0.405. The molecule has 0 heterocycles. The highest BCUT2D eigenvalue weighted by molar-refractivity contribution is 5.78. The number of carboxylic acid groups (broad SMARTS) is 1. The number of carbonyl (C=O) groups excluding carboxylic acids is 3. The largest absolute Gasteiger partial charge is 0.481 e. The molecule has 0 amide bonds. The summed E-state index contributed by atoms with van der Waals surface area (Å²) in [6, 6.07) is -1.08. The molecule has 2 unspecified atom stereocenters. The maximum Gasteiger partial charge on any atom is 0.323 e. The van der Waals surface area contributed by atoms with Crippen molar-refractivity contribution in [3.63, 3.8) is 0 Å². The average Bonchev–Trinajstić information content (AvgIpc) is 2.30. The number of aldehydes is 2. The van der Waals surface area contributed by atoms with E-state index in [2.05, 4.69) is 0 Å². The highest BCUT2D eigenvalue weighted by Gasteiger charge is 2.20. The van der Waals surface area contributed by atoms with Crippen LogP contribution in [0.1, 0.15) is 25.7 Å². The first-order valence-corrected chi connectivity index (χ1v) is 5.08. The first-order chi connectivity index (χ1) is 8.01. The second kappa shape index (κ2) is 8.40. The van der Waals surface area contributed by atoms with E-state index in [-0.39, 0.29) is 25.7 Å². The van der Waals surface area contributed by atoms with Crippen LogP contribution < -0.4 is 5.73 Å². The molecule has 0 aliphatic carbocycles. The Balaban J connectivity index is 4.06. The molecule has 17 heavy (non-hydrogen) atoms. The van der Waals surface area contributed by atoms with Crippen molar-refractivity contribution in [1.82, 2.24) is 0 Å². The number of carbonyl (C=O) groups is 4. The second-order valence-electron chi connectivity index (χ2n) is 3.39. The van der Waals surface area contributed by atoms with Crippen LogP contribution in [0.3, 0.4) is 0 Å². The summed E-state index contributed by atoms with van der Waals surface area (Å²) in [7, 11) is 0. The van der Waals surface area contributed by atoms with Crippen molar-refractivity contribution in [2.75, 3.05) is 0 Å². The van der Waals surface area contributed by atoms with Gasteiger partial charge in [-0.25, -0.2) is 0 Å². The molecule has 0 fully saturated rings. The van der Waals surface area contributed by atoms with Crippen LogP contribution >= 0.6 is 0 Å². The first-order valence-electron chi connectivity index (χ1n) is 5.08. The van der Waals surface area contributed by atoms with Crippen LogP contribution in [0.4, 0.5) is 0 Å². The highest BCUT2D eigenvalue weighted by Crippen LogP contribution is 2.03. The van der Waals surface area contributed by atoms with Crippen molar-refractivity contribution in [2.45, 2.75) is 37.8 Å². The Hall–Kier alpha value is -1.76. The van der Waals surface area contributed by atoms with Crippen LogP contribution in [-0.2, 0) is 23.9 Å². The van der Waals surface area contributed by atoms with Crippen molar-refractivity contribution in [3.05, 3.63) is 0 Å².